The maximum Gasteiger partial charge on any atom is 0.279 e. The maximum absolute atomic E-state index is 12.1. The van der Waals surface area contributed by atoms with E-state index in [1.165, 1.54) is 11.4 Å². The highest BCUT2D eigenvalue weighted by atomic mass is 32.2. The molecule has 2 N–H and O–H groups in total. The van der Waals surface area contributed by atoms with Gasteiger partial charge in [-0.25, -0.2) is 8.78 Å². The van der Waals surface area contributed by atoms with Gasteiger partial charge < -0.3 is 5.11 Å². The van der Waals surface area contributed by atoms with Gasteiger partial charge in [0.2, 0.25) is 0 Å². The zero-order valence-electron chi connectivity index (χ0n) is 10.3. The van der Waals surface area contributed by atoms with Crippen LogP contribution in [0.25, 0.3) is 0 Å². The highest BCUT2D eigenvalue weighted by Crippen LogP contribution is 2.22. The fraction of sp³-hybridized carbons (Fsp3) is 1.00. The molecule has 1 unspecified atom stereocenters. The van der Waals surface area contributed by atoms with Crippen molar-refractivity contribution < 1.29 is 22.3 Å². The van der Waals surface area contributed by atoms with Gasteiger partial charge >= 0.3 is 0 Å². The van der Waals surface area contributed by atoms with Crippen molar-refractivity contribution in [3.8, 4) is 0 Å². The number of nitrogens with zero attached hydrogens (tertiary/aromatic N) is 1. The van der Waals surface area contributed by atoms with Crippen molar-refractivity contribution in [3.63, 3.8) is 0 Å². The van der Waals surface area contributed by atoms with E-state index in [0.29, 0.717) is 0 Å². The lowest BCUT2D eigenvalue weighted by atomic mass is 9.96. The van der Waals surface area contributed by atoms with Gasteiger partial charge in [-0.1, -0.05) is 19.3 Å². The molecule has 0 amide bonds. The van der Waals surface area contributed by atoms with Gasteiger partial charge in [-0.15, -0.1) is 0 Å². The van der Waals surface area contributed by atoms with Crippen molar-refractivity contribution in [2.24, 2.45) is 0 Å². The van der Waals surface area contributed by atoms with Crippen LogP contribution < -0.4 is 4.72 Å². The Morgan fingerprint density at radius 3 is 2.39 bits per heavy atom. The van der Waals surface area contributed by atoms with Crippen LogP contribution in [-0.2, 0) is 10.2 Å². The number of nitrogens with one attached hydrogen (secondary N) is 1. The first-order valence-corrected chi connectivity index (χ1v) is 7.47. The highest BCUT2D eigenvalue weighted by molar-refractivity contribution is 7.87. The number of aliphatic hydroxyl groups excluding tert-OH is 1. The lowest BCUT2D eigenvalue weighted by molar-refractivity contribution is -0.000660. The fourth-order valence-corrected chi connectivity index (χ4v) is 3.21. The van der Waals surface area contributed by atoms with Crippen LogP contribution in [-0.4, -0.2) is 50.0 Å². The van der Waals surface area contributed by atoms with E-state index in [2.05, 4.69) is 0 Å². The number of alkyl halides is 2. The molecule has 1 rings (SSSR count). The summed E-state index contributed by atoms with van der Waals surface area (Å²) in [5, 5.41) is 8.89. The molecule has 8 heteroatoms. The van der Waals surface area contributed by atoms with Crippen LogP contribution in [0.4, 0.5) is 8.78 Å². The summed E-state index contributed by atoms with van der Waals surface area (Å²) in [4.78, 5) is 0. The van der Waals surface area contributed by atoms with Crippen LogP contribution in [0.3, 0.4) is 0 Å². The summed E-state index contributed by atoms with van der Waals surface area (Å²) in [6, 6.07) is -0.0834. The van der Waals surface area contributed by atoms with Crippen molar-refractivity contribution in [1.29, 1.82) is 0 Å². The Morgan fingerprint density at radius 2 is 1.89 bits per heavy atom. The lowest BCUT2D eigenvalue weighted by Crippen LogP contribution is -2.47. The van der Waals surface area contributed by atoms with E-state index < -0.39 is 29.3 Å². The van der Waals surface area contributed by atoms with Gasteiger partial charge in [0.15, 0.2) is 0 Å². The van der Waals surface area contributed by atoms with E-state index in [9.17, 15) is 17.2 Å². The Bertz CT molecular complexity index is 345. The van der Waals surface area contributed by atoms with Crippen molar-refractivity contribution in [1.82, 2.24) is 9.03 Å². The van der Waals surface area contributed by atoms with Crippen molar-refractivity contribution in [3.05, 3.63) is 0 Å². The predicted molar refractivity (Wildman–Crippen MR) is 63.6 cm³/mol. The zero-order valence-corrected chi connectivity index (χ0v) is 11.2. The number of hydrogen-bond donors (Lipinski definition) is 2. The molecule has 0 spiro atoms. The van der Waals surface area contributed by atoms with Crippen LogP contribution in [0.1, 0.15) is 32.1 Å². The van der Waals surface area contributed by atoms with E-state index in [4.69, 9.17) is 5.11 Å². The first-order chi connectivity index (χ1) is 8.34. The first kappa shape index (κ1) is 15.7. The van der Waals surface area contributed by atoms with Crippen LogP contribution in [0, 0.1) is 0 Å². The molecule has 108 valence electrons. The Hall–Kier alpha value is -0.310. The minimum absolute atomic E-state index is 0.0834. The second-order valence-corrected chi connectivity index (χ2v) is 6.38. The molecule has 5 nitrogen and oxygen atoms in total. The van der Waals surface area contributed by atoms with E-state index >= 15 is 0 Å². The number of hydrogen-bond acceptors (Lipinski definition) is 3. The lowest BCUT2D eigenvalue weighted by Gasteiger charge is -2.30. The molecule has 0 aromatic rings. The Morgan fingerprint density at radius 1 is 1.33 bits per heavy atom. The Balaban J connectivity index is 2.51. The molecular weight excluding hydrogens is 266 g/mol. The number of rotatable bonds is 6. The predicted octanol–water partition coefficient (Wildman–Crippen LogP) is 0.711. The van der Waals surface area contributed by atoms with Crippen LogP contribution >= 0.6 is 0 Å². The zero-order chi connectivity index (χ0) is 13.8. The summed E-state index contributed by atoms with van der Waals surface area (Å²) < 4.78 is 50.9. The van der Waals surface area contributed by atoms with Crippen LogP contribution in [0.5, 0.6) is 0 Å². The average molecular weight is 286 g/mol. The van der Waals surface area contributed by atoms with Gasteiger partial charge in [-0.2, -0.15) is 17.4 Å². The molecule has 0 saturated heterocycles. The SMILES string of the molecule is CN(C1CCCCC1)S(=O)(=O)NCC(O)C(F)F. The third kappa shape index (κ3) is 4.42. The molecule has 0 bridgehead atoms. The molecule has 1 saturated carbocycles. The highest BCUT2D eigenvalue weighted by Gasteiger charge is 2.28. The Labute approximate surface area is 106 Å². The molecule has 1 atom stereocenters. The minimum atomic E-state index is -3.80. The summed E-state index contributed by atoms with van der Waals surface area (Å²) in [6.45, 7) is -0.670. The van der Waals surface area contributed by atoms with Crippen LogP contribution in [0.15, 0.2) is 0 Å². The molecule has 0 radical (unpaired) electrons. The molecule has 0 aliphatic heterocycles. The summed E-state index contributed by atoms with van der Waals surface area (Å²) in [6.07, 6.45) is -0.299. The van der Waals surface area contributed by atoms with Crippen molar-refractivity contribution >= 4 is 10.2 Å². The third-order valence-electron chi connectivity index (χ3n) is 3.23. The van der Waals surface area contributed by atoms with Gasteiger partial charge in [0, 0.05) is 19.6 Å². The molecule has 0 aromatic carbocycles. The molecule has 0 aromatic heterocycles. The topological polar surface area (TPSA) is 69.6 Å². The van der Waals surface area contributed by atoms with Gasteiger partial charge in [0.1, 0.15) is 6.10 Å². The molecule has 18 heavy (non-hydrogen) atoms. The van der Waals surface area contributed by atoms with E-state index in [-0.39, 0.29) is 6.04 Å². The van der Waals surface area contributed by atoms with E-state index in [1.54, 1.807) is 0 Å². The number of halogens is 2. The van der Waals surface area contributed by atoms with Gasteiger partial charge in [0.05, 0.1) is 0 Å². The van der Waals surface area contributed by atoms with E-state index in [0.717, 1.165) is 32.1 Å². The summed E-state index contributed by atoms with van der Waals surface area (Å²) in [7, 11) is -2.36. The summed E-state index contributed by atoms with van der Waals surface area (Å²) in [5.41, 5.74) is 0. The van der Waals surface area contributed by atoms with Crippen LogP contribution in [0.2, 0.25) is 0 Å². The maximum atomic E-state index is 12.1. The molecule has 1 aliphatic rings. The average Bonchev–Trinajstić information content (AvgIpc) is 2.36. The smallest absolute Gasteiger partial charge is 0.279 e. The second-order valence-electron chi connectivity index (χ2n) is 4.56. The fourth-order valence-electron chi connectivity index (χ4n) is 2.02. The number of aliphatic hydroxyl groups is 1. The second kappa shape index (κ2) is 6.74. The quantitative estimate of drug-likeness (QED) is 0.755. The minimum Gasteiger partial charge on any atom is -0.386 e. The standard InChI is InChI=1S/C10H20F2N2O3S/c1-14(8-5-3-2-4-6-8)18(16,17)13-7-9(15)10(11)12/h8-10,13,15H,2-7H2,1H3. The summed E-state index contributed by atoms with van der Waals surface area (Å²) >= 11 is 0. The van der Waals surface area contributed by atoms with Crippen molar-refractivity contribution in [2.45, 2.75) is 50.7 Å². The Kier molecular flexibility index (Phi) is 5.90. The van der Waals surface area contributed by atoms with Gasteiger partial charge in [-0.05, 0) is 12.8 Å². The molecule has 1 fully saturated rings. The molecule has 0 heterocycles. The van der Waals surface area contributed by atoms with Gasteiger partial charge in [0.25, 0.3) is 16.6 Å². The molecular formula is C10H20F2N2O3S. The monoisotopic (exact) mass is 286 g/mol. The largest absolute Gasteiger partial charge is 0.386 e. The third-order valence-corrected chi connectivity index (χ3v) is 4.82. The first-order valence-electron chi connectivity index (χ1n) is 6.03. The summed E-state index contributed by atoms with van der Waals surface area (Å²) in [5.74, 6) is 0. The normalized spacial score (nSPS) is 20.6. The van der Waals surface area contributed by atoms with Crippen molar-refractivity contribution in [2.75, 3.05) is 13.6 Å². The van der Waals surface area contributed by atoms with E-state index in [1.807, 2.05) is 4.72 Å². The molecule has 1 aliphatic carbocycles. The van der Waals surface area contributed by atoms with Gasteiger partial charge in [-0.3, -0.25) is 0 Å².